The highest BCUT2D eigenvalue weighted by atomic mass is 16.5. The summed E-state index contributed by atoms with van der Waals surface area (Å²) in [4.78, 5) is 57.5. The summed E-state index contributed by atoms with van der Waals surface area (Å²) in [7, 11) is 0. The van der Waals surface area contributed by atoms with E-state index in [0.717, 1.165) is 30.4 Å². The van der Waals surface area contributed by atoms with E-state index in [0.29, 0.717) is 13.1 Å². The first-order valence-corrected chi connectivity index (χ1v) is 10.1. The van der Waals surface area contributed by atoms with Crippen molar-refractivity contribution >= 4 is 29.9 Å². The number of aldehydes is 1. The first-order chi connectivity index (χ1) is 14.4. The molecular formula is C20H31N3O7. The van der Waals surface area contributed by atoms with Gasteiger partial charge in [0.05, 0.1) is 19.8 Å². The zero-order valence-corrected chi connectivity index (χ0v) is 17.4. The molecule has 4 amide bonds. The number of rotatable bonds is 17. The van der Waals surface area contributed by atoms with Crippen LogP contribution in [0.3, 0.4) is 0 Å². The standard InChI is InChI=1S/C20H31N3O7/c1-16(14-24)4-2-3-8-21-18(26)15-30-13-12-29-11-9-22-17(25)7-10-23-19(27)5-6-20(23)28/h5-6,14,16H,2-4,7-13,15H2,1H3,(H,21,26)(H,22,25). The Bertz CT molecular complexity index is 604. The van der Waals surface area contributed by atoms with Crippen LogP contribution in [-0.2, 0) is 33.4 Å². The second-order valence-electron chi connectivity index (χ2n) is 6.89. The highest BCUT2D eigenvalue weighted by molar-refractivity contribution is 6.13. The molecule has 1 heterocycles. The largest absolute Gasteiger partial charge is 0.377 e. The number of unbranched alkanes of at least 4 members (excludes halogenated alkanes) is 1. The highest BCUT2D eigenvalue weighted by Crippen LogP contribution is 2.04. The van der Waals surface area contributed by atoms with Gasteiger partial charge in [0.25, 0.3) is 11.8 Å². The lowest BCUT2D eigenvalue weighted by Crippen LogP contribution is -2.35. The van der Waals surface area contributed by atoms with Crippen LogP contribution in [0, 0.1) is 5.92 Å². The summed E-state index contributed by atoms with van der Waals surface area (Å²) in [6, 6.07) is 0. The van der Waals surface area contributed by atoms with E-state index in [1.807, 2.05) is 6.92 Å². The lowest BCUT2D eigenvalue weighted by molar-refractivity contribution is -0.137. The fourth-order valence-electron chi connectivity index (χ4n) is 2.54. The van der Waals surface area contributed by atoms with Gasteiger partial charge in [0.1, 0.15) is 12.9 Å². The van der Waals surface area contributed by atoms with Crippen LogP contribution < -0.4 is 10.6 Å². The number of carbonyl (C=O) groups is 5. The van der Waals surface area contributed by atoms with Crippen molar-refractivity contribution < 1.29 is 33.4 Å². The molecule has 0 aliphatic carbocycles. The molecule has 0 radical (unpaired) electrons. The van der Waals surface area contributed by atoms with Crippen LogP contribution >= 0.6 is 0 Å². The number of imide groups is 1. The fraction of sp³-hybridized carbons (Fsp3) is 0.650. The minimum absolute atomic E-state index is 0.0352. The van der Waals surface area contributed by atoms with E-state index in [1.54, 1.807) is 0 Å². The molecule has 0 spiro atoms. The lowest BCUT2D eigenvalue weighted by Gasteiger charge is -2.13. The summed E-state index contributed by atoms with van der Waals surface area (Å²) in [5, 5.41) is 5.38. The molecule has 0 aromatic carbocycles. The maximum atomic E-state index is 11.7. The van der Waals surface area contributed by atoms with Gasteiger partial charge in [0.15, 0.2) is 0 Å². The summed E-state index contributed by atoms with van der Waals surface area (Å²) in [5.74, 6) is -1.24. The average Bonchev–Trinajstić information content (AvgIpc) is 3.05. The van der Waals surface area contributed by atoms with Gasteiger partial charge in [-0.25, -0.2) is 0 Å². The topological polar surface area (TPSA) is 131 Å². The lowest BCUT2D eigenvalue weighted by atomic mass is 10.1. The zero-order chi connectivity index (χ0) is 22.2. The number of hydrogen-bond acceptors (Lipinski definition) is 7. The van der Waals surface area contributed by atoms with Crippen molar-refractivity contribution in [3.05, 3.63) is 12.2 Å². The smallest absolute Gasteiger partial charge is 0.253 e. The number of hydrogen-bond donors (Lipinski definition) is 2. The van der Waals surface area contributed by atoms with Crippen molar-refractivity contribution in [2.45, 2.75) is 32.6 Å². The molecule has 0 aromatic rings. The molecule has 0 saturated heterocycles. The molecule has 1 aliphatic heterocycles. The van der Waals surface area contributed by atoms with E-state index in [9.17, 15) is 24.0 Å². The van der Waals surface area contributed by atoms with E-state index < -0.39 is 11.8 Å². The molecule has 30 heavy (non-hydrogen) atoms. The summed E-state index contributed by atoms with van der Waals surface area (Å²) in [6.07, 6.45) is 5.85. The predicted octanol–water partition coefficient (Wildman–Crippen LogP) is -0.428. The highest BCUT2D eigenvalue weighted by Gasteiger charge is 2.23. The molecule has 0 aromatic heterocycles. The Morgan fingerprint density at radius 3 is 2.37 bits per heavy atom. The molecule has 1 aliphatic rings. The van der Waals surface area contributed by atoms with Crippen molar-refractivity contribution in [3.63, 3.8) is 0 Å². The van der Waals surface area contributed by atoms with Gasteiger partial charge in [0, 0.05) is 44.1 Å². The third kappa shape index (κ3) is 11.4. The normalized spacial score (nSPS) is 14.1. The van der Waals surface area contributed by atoms with Crippen molar-refractivity contribution in [1.29, 1.82) is 0 Å². The molecule has 168 valence electrons. The van der Waals surface area contributed by atoms with E-state index in [1.165, 1.54) is 12.2 Å². The Balaban J connectivity index is 1.88. The summed E-state index contributed by atoms with van der Waals surface area (Å²) in [5.41, 5.74) is 0. The summed E-state index contributed by atoms with van der Waals surface area (Å²) >= 11 is 0. The van der Waals surface area contributed by atoms with Crippen LogP contribution in [0.15, 0.2) is 12.2 Å². The van der Waals surface area contributed by atoms with Gasteiger partial charge in [0.2, 0.25) is 11.8 Å². The van der Waals surface area contributed by atoms with Crippen molar-refractivity contribution in [2.75, 3.05) is 46.1 Å². The van der Waals surface area contributed by atoms with Gasteiger partial charge in [-0.05, 0) is 12.8 Å². The number of ether oxygens (including phenoxy) is 2. The van der Waals surface area contributed by atoms with Gasteiger partial charge in [-0.2, -0.15) is 0 Å². The maximum Gasteiger partial charge on any atom is 0.253 e. The average molecular weight is 425 g/mol. The molecule has 0 fully saturated rings. The zero-order valence-electron chi connectivity index (χ0n) is 17.4. The van der Waals surface area contributed by atoms with Crippen LogP contribution in [0.2, 0.25) is 0 Å². The second-order valence-corrected chi connectivity index (χ2v) is 6.89. The number of amides is 4. The molecule has 2 N–H and O–H groups in total. The molecular weight excluding hydrogens is 394 g/mol. The Kier molecular flexibility index (Phi) is 13.0. The third-order valence-electron chi connectivity index (χ3n) is 4.28. The van der Waals surface area contributed by atoms with E-state index in [2.05, 4.69) is 10.6 Å². The van der Waals surface area contributed by atoms with Crippen LogP contribution in [0.5, 0.6) is 0 Å². The van der Waals surface area contributed by atoms with E-state index in [-0.39, 0.29) is 57.1 Å². The number of nitrogens with zero attached hydrogens (tertiary/aromatic N) is 1. The molecule has 1 unspecified atom stereocenters. The van der Waals surface area contributed by atoms with Crippen LogP contribution in [0.25, 0.3) is 0 Å². The summed E-state index contributed by atoms with van der Waals surface area (Å²) in [6.45, 7) is 3.54. The van der Waals surface area contributed by atoms with Gasteiger partial charge in [-0.3, -0.25) is 24.1 Å². The van der Waals surface area contributed by atoms with Crippen LogP contribution in [0.4, 0.5) is 0 Å². The van der Waals surface area contributed by atoms with E-state index >= 15 is 0 Å². The Labute approximate surface area is 176 Å². The SMILES string of the molecule is CC(C=O)CCCCNC(=O)COCCOCCNC(=O)CCN1C(=O)C=CC1=O. The predicted molar refractivity (Wildman–Crippen MR) is 107 cm³/mol. The Hall–Kier alpha value is -2.59. The van der Waals surface area contributed by atoms with Gasteiger partial charge >= 0.3 is 0 Å². The first kappa shape index (κ1) is 25.4. The molecule has 10 heteroatoms. The van der Waals surface area contributed by atoms with Gasteiger partial charge < -0.3 is 24.9 Å². The van der Waals surface area contributed by atoms with Gasteiger partial charge in [-0.15, -0.1) is 0 Å². The van der Waals surface area contributed by atoms with Crippen LogP contribution in [0.1, 0.15) is 32.6 Å². The first-order valence-electron chi connectivity index (χ1n) is 10.1. The molecule has 1 rings (SSSR count). The van der Waals surface area contributed by atoms with Gasteiger partial charge in [-0.1, -0.05) is 13.3 Å². The second kappa shape index (κ2) is 15.3. The molecule has 0 saturated carbocycles. The maximum absolute atomic E-state index is 11.7. The van der Waals surface area contributed by atoms with E-state index in [4.69, 9.17) is 9.47 Å². The number of nitrogens with one attached hydrogen (secondary N) is 2. The van der Waals surface area contributed by atoms with Crippen molar-refractivity contribution in [3.8, 4) is 0 Å². The third-order valence-corrected chi connectivity index (χ3v) is 4.28. The quantitative estimate of drug-likeness (QED) is 0.184. The summed E-state index contributed by atoms with van der Waals surface area (Å²) < 4.78 is 10.5. The van der Waals surface area contributed by atoms with Crippen molar-refractivity contribution in [2.24, 2.45) is 5.92 Å². The Morgan fingerprint density at radius 1 is 1.00 bits per heavy atom. The minimum Gasteiger partial charge on any atom is -0.377 e. The Morgan fingerprint density at radius 2 is 1.67 bits per heavy atom. The van der Waals surface area contributed by atoms with Crippen molar-refractivity contribution in [1.82, 2.24) is 15.5 Å². The molecule has 10 nitrogen and oxygen atoms in total. The fourth-order valence-corrected chi connectivity index (χ4v) is 2.54. The monoisotopic (exact) mass is 425 g/mol. The molecule has 1 atom stereocenters. The minimum atomic E-state index is -0.408. The molecule has 0 bridgehead atoms. The number of carbonyl (C=O) groups excluding carboxylic acids is 5. The van der Waals surface area contributed by atoms with Crippen LogP contribution in [-0.4, -0.2) is 80.9 Å².